The van der Waals surface area contributed by atoms with Crippen LogP contribution < -0.4 is 0 Å². The van der Waals surface area contributed by atoms with Crippen LogP contribution in [0.15, 0.2) is 12.2 Å². The van der Waals surface area contributed by atoms with Crippen molar-refractivity contribution in [2.45, 2.75) is 0 Å². The summed E-state index contributed by atoms with van der Waals surface area (Å²) in [6.45, 7) is 0. The summed E-state index contributed by atoms with van der Waals surface area (Å²) < 4.78 is 0. The Bertz CT molecular complexity index is 111. The predicted octanol–water partition coefficient (Wildman–Crippen LogP) is 1.01. The van der Waals surface area contributed by atoms with Crippen LogP contribution in [0.5, 0.6) is 0 Å². The number of allylic oxidation sites excluding steroid dienone is 2. The van der Waals surface area contributed by atoms with E-state index in [9.17, 15) is 0 Å². The Morgan fingerprint density at radius 3 is 1.83 bits per heavy atom. The topological polar surface area (TPSA) is 0 Å². The summed E-state index contributed by atoms with van der Waals surface area (Å²) in [6.07, 6.45) is 4.70. The molecule has 0 spiro atoms. The zero-order valence-corrected chi connectivity index (χ0v) is 3.39. The van der Waals surface area contributed by atoms with E-state index in [-0.39, 0.29) is 0 Å². The smallest absolute Gasteiger partial charge is 0.00548 e. The lowest BCUT2D eigenvalue weighted by molar-refractivity contribution is 0.771. The molecule has 0 heterocycles. The van der Waals surface area contributed by atoms with Gasteiger partial charge in [0, 0.05) is 0 Å². The van der Waals surface area contributed by atoms with E-state index in [1.807, 2.05) is 5.92 Å². The van der Waals surface area contributed by atoms with Gasteiger partial charge in [0.05, 0.1) is 0 Å². The van der Waals surface area contributed by atoms with Crippen molar-refractivity contribution in [2.24, 2.45) is 17.8 Å². The van der Waals surface area contributed by atoms with E-state index in [0.29, 0.717) is 0 Å². The normalized spacial score (nSPS) is 68.3. The SMILES string of the molecule is C1=CC2[C]3C1C32. The van der Waals surface area contributed by atoms with Gasteiger partial charge in [-0.1, -0.05) is 12.2 Å². The van der Waals surface area contributed by atoms with Crippen LogP contribution in [0.4, 0.5) is 0 Å². The molecule has 4 aliphatic rings. The maximum Gasteiger partial charge on any atom is -0.00548 e. The molecule has 2 bridgehead atoms. The lowest BCUT2D eigenvalue weighted by Gasteiger charge is -1.84. The van der Waals surface area contributed by atoms with Crippen LogP contribution >= 0.6 is 0 Å². The van der Waals surface area contributed by atoms with Crippen LogP contribution in [0.1, 0.15) is 0 Å². The zero-order valence-electron chi connectivity index (χ0n) is 3.39. The second-order valence-electron chi connectivity index (χ2n) is 2.46. The monoisotopic (exact) mass is 77.0 g/mol. The number of hydrogen-bond acceptors (Lipinski definition) is 0. The van der Waals surface area contributed by atoms with Crippen LogP contribution in [-0.2, 0) is 0 Å². The van der Waals surface area contributed by atoms with Crippen molar-refractivity contribution in [3.8, 4) is 0 Å². The minimum absolute atomic E-state index is 1.01. The highest BCUT2D eigenvalue weighted by atomic mass is 14.8. The van der Waals surface area contributed by atoms with Gasteiger partial charge in [0.2, 0.25) is 0 Å². The average Bonchev–Trinajstić information content (AvgIpc) is 2.30. The minimum atomic E-state index is 1.01. The molecular weight excluding hydrogens is 72.1 g/mol. The number of hydrogen-bond donors (Lipinski definition) is 0. The van der Waals surface area contributed by atoms with Crippen molar-refractivity contribution in [1.29, 1.82) is 0 Å². The van der Waals surface area contributed by atoms with Gasteiger partial charge in [-0.15, -0.1) is 0 Å². The quantitative estimate of drug-likeness (QED) is 0.378. The van der Waals surface area contributed by atoms with Crippen molar-refractivity contribution < 1.29 is 0 Å². The molecule has 29 valence electrons. The van der Waals surface area contributed by atoms with Crippen LogP contribution in [0.2, 0.25) is 0 Å². The van der Waals surface area contributed by atoms with Crippen molar-refractivity contribution >= 4 is 0 Å². The second kappa shape index (κ2) is 0.351. The maximum absolute atomic E-state index is 2.35. The Morgan fingerprint density at radius 1 is 1.17 bits per heavy atom. The van der Waals surface area contributed by atoms with Crippen LogP contribution in [0.3, 0.4) is 0 Å². The Balaban J connectivity index is 2.35. The first-order chi connectivity index (χ1) is 2.98. The molecule has 4 aliphatic carbocycles. The van der Waals surface area contributed by atoms with E-state index < -0.39 is 0 Å². The first-order valence-corrected chi connectivity index (χ1v) is 2.53. The summed E-state index contributed by atoms with van der Waals surface area (Å²) in [6, 6.07) is 0. The third kappa shape index (κ3) is 0.0653. The molecule has 2 fully saturated rings. The Morgan fingerprint density at radius 2 is 1.67 bits per heavy atom. The molecule has 0 aromatic carbocycles. The van der Waals surface area contributed by atoms with E-state index in [1.54, 1.807) is 0 Å². The van der Waals surface area contributed by atoms with Gasteiger partial charge in [-0.2, -0.15) is 0 Å². The molecule has 4 rings (SSSR count). The van der Waals surface area contributed by atoms with Crippen LogP contribution in [0, 0.1) is 23.7 Å². The molecule has 1 radical (unpaired) electrons. The maximum atomic E-state index is 2.35. The highest BCUT2D eigenvalue weighted by Gasteiger charge is 2.74. The van der Waals surface area contributed by atoms with Crippen molar-refractivity contribution in [1.82, 2.24) is 0 Å². The first kappa shape index (κ1) is 2.15. The Hall–Kier alpha value is -0.260. The molecule has 2 atom stereocenters. The van der Waals surface area contributed by atoms with Gasteiger partial charge in [-0.25, -0.2) is 0 Å². The first-order valence-electron chi connectivity index (χ1n) is 2.53. The summed E-state index contributed by atoms with van der Waals surface area (Å²) >= 11 is 0. The van der Waals surface area contributed by atoms with Gasteiger partial charge in [0.1, 0.15) is 0 Å². The predicted molar refractivity (Wildman–Crippen MR) is 22.9 cm³/mol. The van der Waals surface area contributed by atoms with E-state index in [4.69, 9.17) is 0 Å². The molecule has 0 saturated heterocycles. The van der Waals surface area contributed by atoms with Gasteiger partial charge < -0.3 is 0 Å². The lowest BCUT2D eigenvalue weighted by Crippen LogP contribution is -1.79. The molecule has 0 amide bonds. The van der Waals surface area contributed by atoms with Crippen molar-refractivity contribution in [3.05, 3.63) is 18.1 Å². The zero-order chi connectivity index (χ0) is 3.72. The van der Waals surface area contributed by atoms with E-state index >= 15 is 0 Å². The summed E-state index contributed by atoms with van der Waals surface area (Å²) in [5.41, 5.74) is 0. The highest BCUT2D eigenvalue weighted by Crippen LogP contribution is 2.80. The second-order valence-corrected chi connectivity index (χ2v) is 2.46. The average molecular weight is 77.1 g/mol. The van der Waals surface area contributed by atoms with E-state index in [1.165, 1.54) is 0 Å². The fourth-order valence-electron chi connectivity index (χ4n) is 1.68. The molecule has 2 unspecified atom stereocenters. The third-order valence-corrected chi connectivity index (χ3v) is 2.24. The molecule has 0 aromatic rings. The molecule has 6 heavy (non-hydrogen) atoms. The highest BCUT2D eigenvalue weighted by molar-refractivity contribution is 5.56. The molecule has 0 nitrogen and oxygen atoms in total. The number of rotatable bonds is 0. The van der Waals surface area contributed by atoms with Gasteiger partial charge in [0.25, 0.3) is 0 Å². The van der Waals surface area contributed by atoms with Crippen LogP contribution in [-0.4, -0.2) is 0 Å². The van der Waals surface area contributed by atoms with Gasteiger partial charge in [-0.05, 0) is 23.7 Å². The minimum Gasteiger partial charge on any atom is -0.0842 e. The fourth-order valence-corrected chi connectivity index (χ4v) is 1.68. The van der Waals surface area contributed by atoms with Crippen molar-refractivity contribution in [3.63, 3.8) is 0 Å². The molecule has 0 N–H and O–H groups in total. The molecule has 0 aromatic heterocycles. The molecule has 0 heteroatoms. The standard InChI is InChI=1S/C6H5/c1-2-4-5-3(1)6(4)5/h1-5H. The Kier molecular flexibility index (Phi) is 0.126. The van der Waals surface area contributed by atoms with Gasteiger partial charge in [-0.3, -0.25) is 0 Å². The molecular formula is C6H5. The Labute approximate surface area is 36.9 Å². The fraction of sp³-hybridized carbons (Fsp3) is 0.500. The van der Waals surface area contributed by atoms with E-state index in [2.05, 4.69) is 12.2 Å². The van der Waals surface area contributed by atoms with Gasteiger partial charge >= 0.3 is 0 Å². The lowest BCUT2D eigenvalue weighted by atomic mass is 10.2. The van der Waals surface area contributed by atoms with Crippen LogP contribution in [0.25, 0.3) is 0 Å². The molecule has 0 aliphatic heterocycles. The molecule has 2 saturated carbocycles. The summed E-state index contributed by atoms with van der Waals surface area (Å²) in [5.74, 6) is 4.96. The summed E-state index contributed by atoms with van der Waals surface area (Å²) in [4.78, 5) is 0. The summed E-state index contributed by atoms with van der Waals surface area (Å²) in [7, 11) is 0. The van der Waals surface area contributed by atoms with E-state index in [0.717, 1.165) is 17.8 Å². The largest absolute Gasteiger partial charge is 0.0842 e. The summed E-state index contributed by atoms with van der Waals surface area (Å²) in [5, 5.41) is 0. The van der Waals surface area contributed by atoms with Crippen molar-refractivity contribution in [2.75, 3.05) is 0 Å². The third-order valence-electron chi connectivity index (χ3n) is 2.24. The van der Waals surface area contributed by atoms with Gasteiger partial charge in [0.15, 0.2) is 0 Å².